The summed E-state index contributed by atoms with van der Waals surface area (Å²) < 4.78 is 0. The van der Waals surface area contributed by atoms with Crippen molar-refractivity contribution in [3.8, 4) is 0 Å². The van der Waals surface area contributed by atoms with Gasteiger partial charge in [0, 0.05) is 5.92 Å². The summed E-state index contributed by atoms with van der Waals surface area (Å²) in [5.41, 5.74) is 1.35. The zero-order valence-electron chi connectivity index (χ0n) is 11.1. The summed E-state index contributed by atoms with van der Waals surface area (Å²) in [6.45, 7) is 2.02. The van der Waals surface area contributed by atoms with Crippen molar-refractivity contribution >= 4 is 12.1 Å². The summed E-state index contributed by atoms with van der Waals surface area (Å²) >= 11 is 0. The van der Waals surface area contributed by atoms with Gasteiger partial charge < -0.3 is 4.79 Å². The highest BCUT2D eigenvalue weighted by Crippen LogP contribution is 2.16. The molecule has 0 spiro atoms. The van der Waals surface area contributed by atoms with Gasteiger partial charge in [0.15, 0.2) is 0 Å². The predicted molar refractivity (Wildman–Crippen MR) is 73.5 cm³/mol. The Kier molecular flexibility index (Phi) is 7.00. The number of ketones is 1. The average Bonchev–Trinajstić information content (AvgIpc) is 2.40. The first-order valence-electron chi connectivity index (χ1n) is 6.78. The molecule has 0 fully saturated rings. The first kappa shape index (κ1) is 14.6. The van der Waals surface area contributed by atoms with Gasteiger partial charge in [-0.05, 0) is 31.2 Å². The number of rotatable bonds is 9. The number of carbonyl (C=O) groups is 2. The van der Waals surface area contributed by atoms with Crippen LogP contribution in [0, 0.1) is 5.92 Å². The summed E-state index contributed by atoms with van der Waals surface area (Å²) in [7, 11) is 0. The number of hydrogen-bond donors (Lipinski definition) is 0. The minimum atomic E-state index is 0.0750. The normalized spacial score (nSPS) is 12.1. The van der Waals surface area contributed by atoms with Crippen LogP contribution in [-0.2, 0) is 16.0 Å². The molecule has 0 aliphatic rings. The highest BCUT2D eigenvalue weighted by Gasteiger charge is 2.14. The third-order valence-corrected chi connectivity index (χ3v) is 3.34. The van der Waals surface area contributed by atoms with Gasteiger partial charge in [-0.2, -0.15) is 0 Å². The van der Waals surface area contributed by atoms with Crippen LogP contribution in [0.3, 0.4) is 0 Å². The van der Waals surface area contributed by atoms with Crippen molar-refractivity contribution in [2.24, 2.45) is 5.92 Å². The average molecular weight is 246 g/mol. The Morgan fingerprint density at radius 3 is 2.56 bits per heavy atom. The second-order valence-corrected chi connectivity index (χ2v) is 4.67. The van der Waals surface area contributed by atoms with E-state index in [4.69, 9.17) is 0 Å². The molecule has 1 rings (SSSR count). The van der Waals surface area contributed by atoms with Crippen LogP contribution in [0.4, 0.5) is 0 Å². The zero-order valence-corrected chi connectivity index (χ0v) is 11.1. The molecule has 1 aromatic carbocycles. The summed E-state index contributed by atoms with van der Waals surface area (Å²) in [5.74, 6) is 0.179. The van der Waals surface area contributed by atoms with Crippen LogP contribution in [0.2, 0.25) is 0 Å². The molecule has 0 bridgehead atoms. The van der Waals surface area contributed by atoms with Gasteiger partial charge in [0.2, 0.25) is 0 Å². The molecule has 0 radical (unpaired) electrons. The molecule has 1 atom stereocenters. The number of unbranched alkanes of at least 4 members (excludes halogenated alkanes) is 1. The van der Waals surface area contributed by atoms with Crippen LogP contribution in [-0.4, -0.2) is 12.1 Å². The lowest BCUT2D eigenvalue weighted by Crippen LogP contribution is -2.14. The Bertz CT molecular complexity index is 357. The van der Waals surface area contributed by atoms with Crippen LogP contribution in [0.25, 0.3) is 0 Å². The van der Waals surface area contributed by atoms with Gasteiger partial charge in [-0.3, -0.25) is 4.79 Å². The molecule has 0 aliphatic carbocycles. The minimum Gasteiger partial charge on any atom is -0.303 e. The van der Waals surface area contributed by atoms with Crippen LogP contribution in [0.15, 0.2) is 30.3 Å². The maximum Gasteiger partial charge on any atom is 0.143 e. The van der Waals surface area contributed by atoms with E-state index >= 15 is 0 Å². The second-order valence-electron chi connectivity index (χ2n) is 4.67. The van der Waals surface area contributed by atoms with Crippen molar-refractivity contribution in [1.82, 2.24) is 0 Å². The molecule has 2 heteroatoms. The fourth-order valence-electron chi connectivity index (χ4n) is 2.21. The fraction of sp³-hybridized carbons (Fsp3) is 0.500. The Balaban J connectivity index is 2.23. The highest BCUT2D eigenvalue weighted by atomic mass is 16.1. The van der Waals surface area contributed by atoms with Crippen LogP contribution >= 0.6 is 0 Å². The van der Waals surface area contributed by atoms with Crippen LogP contribution < -0.4 is 0 Å². The van der Waals surface area contributed by atoms with E-state index in [1.807, 2.05) is 13.0 Å². The molecular weight excluding hydrogens is 224 g/mol. The van der Waals surface area contributed by atoms with Crippen molar-refractivity contribution in [2.75, 3.05) is 0 Å². The van der Waals surface area contributed by atoms with E-state index in [9.17, 15) is 9.59 Å². The van der Waals surface area contributed by atoms with Gasteiger partial charge in [0.05, 0.1) is 6.42 Å². The maximum atomic E-state index is 11.6. The third kappa shape index (κ3) is 5.26. The number of Topliss-reactive ketones (excluding diaryl/α,β-unsaturated/α-hetero) is 1. The molecule has 0 N–H and O–H groups in total. The summed E-state index contributed by atoms with van der Waals surface area (Å²) in [5, 5.41) is 0. The largest absolute Gasteiger partial charge is 0.303 e. The van der Waals surface area contributed by atoms with Crippen molar-refractivity contribution in [3.63, 3.8) is 0 Å². The van der Waals surface area contributed by atoms with E-state index in [1.165, 1.54) is 5.56 Å². The molecule has 18 heavy (non-hydrogen) atoms. The third-order valence-electron chi connectivity index (χ3n) is 3.34. The van der Waals surface area contributed by atoms with Gasteiger partial charge in [0.25, 0.3) is 0 Å². The molecular formula is C16H22O2. The first-order chi connectivity index (χ1) is 8.77. The molecule has 2 nitrogen and oxygen atoms in total. The van der Waals surface area contributed by atoms with E-state index in [0.29, 0.717) is 0 Å². The van der Waals surface area contributed by atoms with E-state index in [1.54, 1.807) is 0 Å². The molecule has 0 amide bonds. The van der Waals surface area contributed by atoms with Crippen molar-refractivity contribution in [3.05, 3.63) is 35.9 Å². The van der Waals surface area contributed by atoms with Crippen molar-refractivity contribution in [1.29, 1.82) is 0 Å². The van der Waals surface area contributed by atoms with Crippen LogP contribution in [0.1, 0.15) is 44.6 Å². The molecule has 1 unspecified atom stereocenters. The Morgan fingerprint density at radius 1 is 1.22 bits per heavy atom. The Hall–Kier alpha value is -1.44. The SMILES string of the molecule is CCC(CCCCc1ccccc1)C(=O)CC=O. The molecule has 1 aromatic rings. The van der Waals surface area contributed by atoms with Gasteiger partial charge in [0.1, 0.15) is 12.1 Å². The summed E-state index contributed by atoms with van der Waals surface area (Å²) in [6, 6.07) is 10.4. The van der Waals surface area contributed by atoms with Crippen molar-refractivity contribution < 1.29 is 9.59 Å². The van der Waals surface area contributed by atoms with Gasteiger partial charge in [-0.1, -0.05) is 43.7 Å². The molecule has 0 heterocycles. The number of aldehydes is 1. The topological polar surface area (TPSA) is 34.1 Å². The molecule has 98 valence electrons. The summed E-state index contributed by atoms with van der Waals surface area (Å²) in [4.78, 5) is 21.9. The molecule has 0 saturated carbocycles. The number of hydrogen-bond acceptors (Lipinski definition) is 2. The monoisotopic (exact) mass is 246 g/mol. The smallest absolute Gasteiger partial charge is 0.143 e. The van der Waals surface area contributed by atoms with Gasteiger partial charge in [-0.15, -0.1) is 0 Å². The van der Waals surface area contributed by atoms with E-state index in [0.717, 1.165) is 38.4 Å². The molecule has 0 aromatic heterocycles. The van der Waals surface area contributed by atoms with E-state index in [2.05, 4.69) is 24.3 Å². The number of benzene rings is 1. The lowest BCUT2D eigenvalue weighted by molar-refractivity contribution is -0.125. The van der Waals surface area contributed by atoms with Gasteiger partial charge in [-0.25, -0.2) is 0 Å². The standard InChI is InChI=1S/C16H22O2/c1-2-15(16(18)12-13-17)11-7-6-10-14-8-4-3-5-9-14/h3-5,8-9,13,15H,2,6-7,10-12H2,1H3. The van der Waals surface area contributed by atoms with E-state index in [-0.39, 0.29) is 18.1 Å². The molecule has 0 saturated heterocycles. The van der Waals surface area contributed by atoms with Gasteiger partial charge >= 0.3 is 0 Å². The highest BCUT2D eigenvalue weighted by molar-refractivity contribution is 5.91. The lowest BCUT2D eigenvalue weighted by Gasteiger charge is -2.11. The van der Waals surface area contributed by atoms with E-state index < -0.39 is 0 Å². The summed E-state index contributed by atoms with van der Waals surface area (Å²) in [6.07, 6.45) is 5.78. The quantitative estimate of drug-likeness (QED) is 0.379. The first-order valence-corrected chi connectivity index (χ1v) is 6.78. The Morgan fingerprint density at radius 2 is 1.94 bits per heavy atom. The second kappa shape index (κ2) is 8.62. The lowest BCUT2D eigenvalue weighted by atomic mass is 9.92. The van der Waals surface area contributed by atoms with Crippen LogP contribution in [0.5, 0.6) is 0 Å². The molecule has 0 aliphatic heterocycles. The minimum absolute atomic E-state index is 0.0750. The number of aryl methyl sites for hydroxylation is 1. The Labute approximate surface area is 109 Å². The zero-order chi connectivity index (χ0) is 13.2. The predicted octanol–water partition coefficient (Wildman–Crippen LogP) is 3.58. The maximum absolute atomic E-state index is 11.6. The number of carbonyl (C=O) groups excluding carboxylic acids is 2. The van der Waals surface area contributed by atoms with Crippen molar-refractivity contribution in [2.45, 2.75) is 45.4 Å². The fourth-order valence-corrected chi connectivity index (χ4v) is 2.21.